The fourth-order valence-electron chi connectivity index (χ4n) is 5.51. The number of hydrogen-bond donors (Lipinski definition) is 3. The van der Waals surface area contributed by atoms with Crippen molar-refractivity contribution < 1.29 is 33.7 Å². The fraction of sp³-hybridized carbons (Fsp3) is 0.344. The van der Waals surface area contributed by atoms with Crippen LogP contribution in [-0.4, -0.2) is 61.1 Å². The minimum Gasteiger partial charge on any atom is -0.480 e. The summed E-state index contributed by atoms with van der Waals surface area (Å²) in [5, 5.41) is 15.1. The van der Waals surface area contributed by atoms with E-state index in [0.717, 1.165) is 27.8 Å². The number of carboxylic acid groups (broad SMARTS) is 1. The Morgan fingerprint density at radius 2 is 1.59 bits per heavy atom. The molecule has 0 spiro atoms. The van der Waals surface area contributed by atoms with Crippen LogP contribution in [0.15, 0.2) is 78.9 Å². The van der Waals surface area contributed by atoms with Crippen molar-refractivity contribution in [2.75, 3.05) is 19.8 Å². The number of hydrogen-bond acceptors (Lipinski definition) is 6. The highest BCUT2D eigenvalue weighted by Crippen LogP contribution is 2.44. The number of benzene rings is 3. The Morgan fingerprint density at radius 1 is 0.951 bits per heavy atom. The van der Waals surface area contributed by atoms with Gasteiger partial charge in [-0.25, -0.2) is 9.59 Å². The maximum Gasteiger partial charge on any atom is 0.407 e. The number of alkyl carbamates (subject to hydrolysis) is 1. The molecule has 9 heteroatoms. The topological polar surface area (TPSA) is 123 Å². The van der Waals surface area contributed by atoms with E-state index in [-0.39, 0.29) is 31.6 Å². The highest BCUT2D eigenvalue weighted by atomic mass is 16.5. The van der Waals surface area contributed by atoms with E-state index in [1.807, 2.05) is 54.6 Å². The van der Waals surface area contributed by atoms with E-state index in [4.69, 9.17) is 14.2 Å². The highest BCUT2D eigenvalue weighted by Gasteiger charge is 2.38. The molecule has 9 nitrogen and oxygen atoms in total. The molecule has 0 aromatic heterocycles. The first-order valence-corrected chi connectivity index (χ1v) is 13.8. The van der Waals surface area contributed by atoms with Gasteiger partial charge in [-0.1, -0.05) is 78.9 Å². The molecule has 0 unspecified atom stereocenters. The average Bonchev–Trinajstić information content (AvgIpc) is 3.59. The van der Waals surface area contributed by atoms with Crippen LogP contribution < -0.4 is 10.6 Å². The van der Waals surface area contributed by atoms with Gasteiger partial charge in [0.2, 0.25) is 5.91 Å². The van der Waals surface area contributed by atoms with Crippen LogP contribution >= 0.6 is 0 Å². The quantitative estimate of drug-likeness (QED) is 0.324. The van der Waals surface area contributed by atoms with Crippen LogP contribution in [-0.2, 0) is 30.4 Å². The Hall–Kier alpha value is -4.21. The molecule has 1 fully saturated rings. The van der Waals surface area contributed by atoms with Gasteiger partial charge in [0.1, 0.15) is 12.7 Å². The molecule has 1 saturated heterocycles. The molecule has 1 aliphatic carbocycles. The zero-order valence-electron chi connectivity index (χ0n) is 22.8. The van der Waals surface area contributed by atoms with Crippen LogP contribution in [0.25, 0.3) is 11.1 Å². The normalized spacial score (nSPS) is 19.0. The number of carbonyl (C=O) groups is 3. The first kappa shape index (κ1) is 28.3. The number of ether oxygens (including phenoxy) is 3. The molecule has 4 atom stereocenters. The minimum absolute atomic E-state index is 0.0551. The van der Waals surface area contributed by atoms with Crippen LogP contribution in [0.3, 0.4) is 0 Å². The standard InChI is InChI=1S/C32H34N2O7/c1-20(40-18-21-9-3-2-4-10-21)28(31(36)37)34-30(35)29-22(15-16-39-29)17-33-32(38)41-19-27-25-13-7-5-11-23(25)24-12-6-8-14-26(24)27/h2-14,20,22,27-29H,15-19H2,1H3,(H,33,38)(H,34,35)(H,36,37)/t20-,22+,28+,29+/m0/s1. The van der Waals surface area contributed by atoms with Crippen molar-refractivity contribution in [3.63, 3.8) is 0 Å². The number of carbonyl (C=O) groups excluding carboxylic acids is 2. The van der Waals surface area contributed by atoms with Gasteiger partial charge in [-0.05, 0) is 41.2 Å². The predicted octanol–water partition coefficient (Wildman–Crippen LogP) is 4.10. The summed E-state index contributed by atoms with van der Waals surface area (Å²) < 4.78 is 17.0. The third-order valence-corrected chi connectivity index (χ3v) is 7.71. The molecule has 3 N–H and O–H groups in total. The van der Waals surface area contributed by atoms with E-state index in [1.54, 1.807) is 6.92 Å². The van der Waals surface area contributed by atoms with Crippen molar-refractivity contribution in [3.8, 4) is 11.1 Å². The zero-order valence-corrected chi connectivity index (χ0v) is 22.8. The van der Waals surface area contributed by atoms with Gasteiger partial charge >= 0.3 is 12.1 Å². The molecule has 41 heavy (non-hydrogen) atoms. The van der Waals surface area contributed by atoms with Gasteiger partial charge in [-0.3, -0.25) is 4.79 Å². The summed E-state index contributed by atoms with van der Waals surface area (Å²) in [6.45, 7) is 2.49. The van der Waals surface area contributed by atoms with E-state index in [1.165, 1.54) is 0 Å². The number of aliphatic carboxylic acids is 1. The maximum absolute atomic E-state index is 13.0. The van der Waals surface area contributed by atoms with Gasteiger partial charge in [-0.2, -0.15) is 0 Å². The van der Waals surface area contributed by atoms with Crippen molar-refractivity contribution in [1.29, 1.82) is 0 Å². The summed E-state index contributed by atoms with van der Waals surface area (Å²) in [5.74, 6) is -2.14. The molecule has 1 heterocycles. The van der Waals surface area contributed by atoms with Crippen LogP contribution in [0.1, 0.15) is 36.0 Å². The maximum atomic E-state index is 13.0. The second kappa shape index (κ2) is 13.0. The Bertz CT molecular complexity index is 1330. The number of nitrogens with one attached hydrogen (secondary N) is 2. The first-order chi connectivity index (χ1) is 19.9. The summed E-state index contributed by atoms with van der Waals surface area (Å²) in [6, 6.07) is 24.3. The molecule has 0 saturated carbocycles. The molecule has 5 rings (SSSR count). The van der Waals surface area contributed by atoms with Crippen LogP contribution in [0, 0.1) is 5.92 Å². The summed E-state index contributed by atoms with van der Waals surface area (Å²) >= 11 is 0. The SMILES string of the molecule is C[C@H](OCc1ccccc1)[C@@H](NC(=O)[C@@H]1OCC[C@@H]1CNC(=O)OCC1c2ccccc2-c2ccccc21)C(=O)O. The predicted molar refractivity (Wildman–Crippen MR) is 151 cm³/mol. The minimum atomic E-state index is -1.26. The van der Waals surface area contributed by atoms with Gasteiger partial charge < -0.3 is 30.0 Å². The van der Waals surface area contributed by atoms with Crippen molar-refractivity contribution in [2.45, 2.75) is 44.1 Å². The zero-order chi connectivity index (χ0) is 28.8. The number of amides is 2. The smallest absolute Gasteiger partial charge is 0.407 e. The molecular formula is C32H34N2O7. The molecule has 1 aliphatic heterocycles. The molecule has 2 aliphatic rings. The molecule has 3 aromatic carbocycles. The summed E-state index contributed by atoms with van der Waals surface area (Å²) in [4.78, 5) is 37.6. The number of carboxylic acids is 1. The molecular weight excluding hydrogens is 524 g/mol. The van der Waals surface area contributed by atoms with E-state index in [9.17, 15) is 19.5 Å². The molecule has 2 amide bonds. The fourth-order valence-corrected chi connectivity index (χ4v) is 5.51. The van der Waals surface area contributed by atoms with Gasteiger partial charge in [0, 0.05) is 25.0 Å². The summed E-state index contributed by atoms with van der Waals surface area (Å²) in [6.07, 6.45) is -1.72. The van der Waals surface area contributed by atoms with Crippen molar-refractivity contribution >= 4 is 18.0 Å². The number of fused-ring (bicyclic) bond motifs is 3. The van der Waals surface area contributed by atoms with Gasteiger partial charge in [-0.15, -0.1) is 0 Å². The second-order valence-electron chi connectivity index (χ2n) is 10.4. The summed E-state index contributed by atoms with van der Waals surface area (Å²) in [5.41, 5.74) is 5.44. The Kier molecular flexibility index (Phi) is 8.96. The van der Waals surface area contributed by atoms with E-state index >= 15 is 0 Å². The second-order valence-corrected chi connectivity index (χ2v) is 10.4. The van der Waals surface area contributed by atoms with Gasteiger partial charge in [0.15, 0.2) is 6.04 Å². The Balaban J connectivity index is 1.12. The van der Waals surface area contributed by atoms with Crippen LogP contribution in [0.4, 0.5) is 4.79 Å². The third kappa shape index (κ3) is 6.58. The van der Waals surface area contributed by atoms with Gasteiger partial charge in [0.05, 0.1) is 12.7 Å². The molecule has 0 radical (unpaired) electrons. The lowest BCUT2D eigenvalue weighted by Crippen LogP contribution is -2.53. The molecule has 214 valence electrons. The Labute approximate surface area is 238 Å². The van der Waals surface area contributed by atoms with E-state index < -0.39 is 36.2 Å². The van der Waals surface area contributed by atoms with Gasteiger partial charge in [0.25, 0.3) is 0 Å². The molecule has 0 bridgehead atoms. The highest BCUT2D eigenvalue weighted by molar-refractivity contribution is 5.87. The lowest BCUT2D eigenvalue weighted by Gasteiger charge is -2.25. The largest absolute Gasteiger partial charge is 0.480 e. The first-order valence-electron chi connectivity index (χ1n) is 13.8. The van der Waals surface area contributed by atoms with E-state index in [2.05, 4.69) is 34.9 Å². The lowest BCUT2D eigenvalue weighted by atomic mass is 9.98. The monoisotopic (exact) mass is 558 g/mol. The average molecular weight is 559 g/mol. The van der Waals surface area contributed by atoms with Crippen molar-refractivity contribution in [1.82, 2.24) is 10.6 Å². The molecule has 3 aromatic rings. The summed E-state index contributed by atoms with van der Waals surface area (Å²) in [7, 11) is 0. The van der Waals surface area contributed by atoms with Crippen molar-refractivity contribution in [3.05, 3.63) is 95.6 Å². The van der Waals surface area contributed by atoms with Crippen molar-refractivity contribution in [2.24, 2.45) is 5.92 Å². The number of rotatable bonds is 11. The third-order valence-electron chi connectivity index (χ3n) is 7.71. The van der Waals surface area contributed by atoms with E-state index in [0.29, 0.717) is 13.0 Å². The Morgan fingerprint density at radius 3 is 2.24 bits per heavy atom. The van der Waals surface area contributed by atoms with Crippen LogP contribution in [0.2, 0.25) is 0 Å². The van der Waals surface area contributed by atoms with Crippen LogP contribution in [0.5, 0.6) is 0 Å². The lowest BCUT2D eigenvalue weighted by molar-refractivity contribution is -0.148.